The summed E-state index contributed by atoms with van der Waals surface area (Å²) in [5.74, 6) is -0.172. The molecule has 7 nitrogen and oxygen atoms in total. The molecule has 1 aromatic heterocycles. The van der Waals surface area contributed by atoms with E-state index in [0.29, 0.717) is 38.5 Å². The molecule has 1 N–H and O–H groups in total. The number of piperazine rings is 1. The zero-order valence-corrected chi connectivity index (χ0v) is 13.1. The van der Waals surface area contributed by atoms with E-state index in [1.807, 2.05) is 17.9 Å². The van der Waals surface area contributed by atoms with Gasteiger partial charge in [0.1, 0.15) is 11.6 Å². The molecule has 23 heavy (non-hydrogen) atoms. The first kappa shape index (κ1) is 16.6. The smallest absolute Gasteiger partial charge is 0.289 e. The average molecular weight is 316 g/mol. The number of nitrogens with zero attached hydrogens (tertiary/aromatic N) is 3. The summed E-state index contributed by atoms with van der Waals surface area (Å²) in [5.41, 5.74) is 0.0873. The number of amides is 2. The summed E-state index contributed by atoms with van der Waals surface area (Å²) in [4.78, 5) is 27.6. The minimum absolute atomic E-state index is 0.0873. The minimum atomic E-state index is -0.358. The maximum absolute atomic E-state index is 12.2. The van der Waals surface area contributed by atoms with Crippen LogP contribution in [0.25, 0.3) is 0 Å². The lowest BCUT2D eigenvalue weighted by Crippen LogP contribution is -2.47. The number of furan rings is 1. The second-order valence-corrected chi connectivity index (χ2v) is 5.22. The Kier molecular flexibility index (Phi) is 5.80. The number of hydrogen-bond donors (Lipinski definition) is 1. The molecule has 2 amide bonds. The molecule has 0 unspecified atom stereocenters. The van der Waals surface area contributed by atoms with Crippen LogP contribution >= 0.6 is 0 Å². The Labute approximate surface area is 135 Å². The van der Waals surface area contributed by atoms with E-state index in [1.54, 1.807) is 23.2 Å². The van der Waals surface area contributed by atoms with Crippen LogP contribution in [0.2, 0.25) is 0 Å². The highest BCUT2D eigenvalue weighted by molar-refractivity contribution is 5.97. The van der Waals surface area contributed by atoms with E-state index in [9.17, 15) is 9.59 Å². The summed E-state index contributed by atoms with van der Waals surface area (Å²) in [6.45, 7) is 4.67. The summed E-state index contributed by atoms with van der Waals surface area (Å²) in [5, 5.41) is 11.8. The maximum Gasteiger partial charge on any atom is 0.289 e. The summed E-state index contributed by atoms with van der Waals surface area (Å²) in [7, 11) is 0. The second-order valence-electron chi connectivity index (χ2n) is 5.22. The van der Waals surface area contributed by atoms with Crippen LogP contribution in [-0.4, -0.2) is 54.3 Å². The van der Waals surface area contributed by atoms with Crippen molar-refractivity contribution in [1.29, 1.82) is 5.26 Å². The standard InChI is InChI=1S/C16H20N4O3/c1-2-5-18-15(21)13(11-17)12-19-6-8-20(9-7-19)16(22)14-4-3-10-23-14/h3-4,10,12H,2,5-9H2,1H3,(H,18,21)/b13-12-. The van der Waals surface area contributed by atoms with Crippen LogP contribution in [0.3, 0.4) is 0 Å². The van der Waals surface area contributed by atoms with Crippen LogP contribution in [0.15, 0.2) is 34.6 Å². The normalized spacial score (nSPS) is 15.2. The topological polar surface area (TPSA) is 89.6 Å². The van der Waals surface area contributed by atoms with Crippen molar-refractivity contribution in [1.82, 2.24) is 15.1 Å². The maximum atomic E-state index is 12.2. The number of nitriles is 1. The minimum Gasteiger partial charge on any atom is -0.459 e. The average Bonchev–Trinajstić information content (AvgIpc) is 3.12. The Hall–Kier alpha value is -2.75. The van der Waals surface area contributed by atoms with Gasteiger partial charge < -0.3 is 19.5 Å². The third kappa shape index (κ3) is 4.36. The van der Waals surface area contributed by atoms with Crippen molar-refractivity contribution < 1.29 is 14.0 Å². The van der Waals surface area contributed by atoms with Crippen molar-refractivity contribution in [3.63, 3.8) is 0 Å². The predicted molar refractivity (Wildman–Crippen MR) is 83.2 cm³/mol. The van der Waals surface area contributed by atoms with Gasteiger partial charge in [0.05, 0.1) is 6.26 Å². The van der Waals surface area contributed by atoms with Crippen LogP contribution in [-0.2, 0) is 4.79 Å². The molecule has 2 rings (SSSR count). The molecule has 0 radical (unpaired) electrons. The molecule has 0 atom stereocenters. The molecular weight excluding hydrogens is 296 g/mol. The monoisotopic (exact) mass is 316 g/mol. The molecule has 2 heterocycles. The number of carbonyl (C=O) groups is 2. The third-order valence-electron chi connectivity index (χ3n) is 3.55. The summed E-state index contributed by atoms with van der Waals surface area (Å²) in [6, 6.07) is 5.25. The van der Waals surface area contributed by atoms with E-state index in [0.717, 1.165) is 6.42 Å². The summed E-state index contributed by atoms with van der Waals surface area (Å²) < 4.78 is 5.11. The van der Waals surface area contributed by atoms with Gasteiger partial charge in [0.2, 0.25) is 0 Å². The van der Waals surface area contributed by atoms with Gasteiger partial charge in [-0.2, -0.15) is 5.26 Å². The number of nitrogens with one attached hydrogen (secondary N) is 1. The van der Waals surface area contributed by atoms with Crippen molar-refractivity contribution in [2.24, 2.45) is 0 Å². The number of hydrogen-bond acceptors (Lipinski definition) is 5. The van der Waals surface area contributed by atoms with Crippen LogP contribution in [0.5, 0.6) is 0 Å². The largest absolute Gasteiger partial charge is 0.459 e. The number of carbonyl (C=O) groups excluding carboxylic acids is 2. The van der Waals surface area contributed by atoms with Gasteiger partial charge in [-0.15, -0.1) is 0 Å². The Morgan fingerprint density at radius 2 is 2.13 bits per heavy atom. The molecule has 0 spiro atoms. The molecule has 0 bridgehead atoms. The van der Waals surface area contributed by atoms with Crippen LogP contribution in [0, 0.1) is 11.3 Å². The molecule has 1 aliphatic heterocycles. The van der Waals surface area contributed by atoms with Gasteiger partial charge in [-0.3, -0.25) is 9.59 Å². The predicted octanol–water partition coefficient (Wildman–Crippen LogP) is 0.971. The molecule has 1 saturated heterocycles. The van der Waals surface area contributed by atoms with E-state index in [2.05, 4.69) is 5.32 Å². The lowest BCUT2D eigenvalue weighted by molar-refractivity contribution is -0.117. The lowest BCUT2D eigenvalue weighted by Gasteiger charge is -2.33. The Morgan fingerprint density at radius 3 is 2.70 bits per heavy atom. The fourth-order valence-electron chi connectivity index (χ4n) is 2.26. The quantitative estimate of drug-likeness (QED) is 0.646. The fraction of sp³-hybridized carbons (Fsp3) is 0.438. The van der Waals surface area contributed by atoms with E-state index in [-0.39, 0.29) is 17.4 Å². The molecule has 1 aromatic rings. The van der Waals surface area contributed by atoms with Gasteiger partial charge in [-0.1, -0.05) is 6.92 Å². The van der Waals surface area contributed by atoms with Gasteiger partial charge in [-0.05, 0) is 18.6 Å². The molecular formula is C16H20N4O3. The van der Waals surface area contributed by atoms with Crippen molar-refractivity contribution in [3.05, 3.63) is 35.9 Å². The van der Waals surface area contributed by atoms with Gasteiger partial charge in [0.25, 0.3) is 11.8 Å². The molecule has 0 aliphatic carbocycles. The van der Waals surface area contributed by atoms with Crippen molar-refractivity contribution >= 4 is 11.8 Å². The Morgan fingerprint density at radius 1 is 1.39 bits per heavy atom. The molecule has 122 valence electrons. The van der Waals surface area contributed by atoms with E-state index < -0.39 is 0 Å². The van der Waals surface area contributed by atoms with Crippen LogP contribution in [0.1, 0.15) is 23.9 Å². The zero-order chi connectivity index (χ0) is 16.7. The van der Waals surface area contributed by atoms with Gasteiger partial charge in [-0.25, -0.2) is 0 Å². The molecule has 0 aromatic carbocycles. The first-order valence-electron chi connectivity index (χ1n) is 7.62. The Balaban J connectivity index is 1.90. The molecule has 1 fully saturated rings. The first-order valence-corrected chi connectivity index (χ1v) is 7.62. The highest BCUT2D eigenvalue weighted by atomic mass is 16.3. The molecule has 7 heteroatoms. The van der Waals surface area contributed by atoms with Crippen molar-refractivity contribution in [3.8, 4) is 6.07 Å². The van der Waals surface area contributed by atoms with E-state index >= 15 is 0 Å². The van der Waals surface area contributed by atoms with Gasteiger partial charge in [0, 0.05) is 38.9 Å². The molecule has 0 saturated carbocycles. The van der Waals surface area contributed by atoms with Crippen LogP contribution < -0.4 is 5.32 Å². The summed E-state index contributed by atoms with van der Waals surface area (Å²) >= 11 is 0. The first-order chi connectivity index (χ1) is 11.2. The highest BCUT2D eigenvalue weighted by Gasteiger charge is 2.23. The molecule has 1 aliphatic rings. The van der Waals surface area contributed by atoms with Gasteiger partial charge >= 0.3 is 0 Å². The van der Waals surface area contributed by atoms with Crippen molar-refractivity contribution in [2.75, 3.05) is 32.7 Å². The van der Waals surface area contributed by atoms with Gasteiger partial charge in [0.15, 0.2) is 5.76 Å². The zero-order valence-electron chi connectivity index (χ0n) is 13.1. The highest BCUT2D eigenvalue weighted by Crippen LogP contribution is 2.10. The number of rotatable bonds is 5. The SMILES string of the molecule is CCCNC(=O)/C(C#N)=C\N1CCN(C(=O)c2ccco2)CC1. The van der Waals surface area contributed by atoms with Crippen LogP contribution in [0.4, 0.5) is 0 Å². The third-order valence-corrected chi connectivity index (χ3v) is 3.55. The fourth-order valence-corrected chi connectivity index (χ4v) is 2.26. The van der Waals surface area contributed by atoms with E-state index in [1.165, 1.54) is 6.26 Å². The lowest BCUT2D eigenvalue weighted by atomic mass is 10.2. The van der Waals surface area contributed by atoms with E-state index in [4.69, 9.17) is 9.68 Å². The van der Waals surface area contributed by atoms with Crippen molar-refractivity contribution in [2.45, 2.75) is 13.3 Å². The second kappa shape index (κ2) is 8.03. The summed E-state index contributed by atoms with van der Waals surface area (Å²) in [6.07, 6.45) is 3.86. The Bertz CT molecular complexity index is 608.